The van der Waals surface area contributed by atoms with E-state index in [-0.39, 0.29) is 35.5 Å². The molecule has 0 aromatic heterocycles. The van der Waals surface area contributed by atoms with Crippen LogP contribution in [0, 0.1) is 5.92 Å². The van der Waals surface area contributed by atoms with Crippen molar-refractivity contribution in [2.24, 2.45) is 5.92 Å². The predicted molar refractivity (Wildman–Crippen MR) is 42.9 cm³/mol. The van der Waals surface area contributed by atoms with E-state index in [0.717, 1.165) is 11.8 Å². The SMILES string of the molecule is CCC(C)/C(C)=C/S(=O)(=O)[O-].[Na+]. The number of hydrogen-bond acceptors (Lipinski definition) is 3. The van der Waals surface area contributed by atoms with Gasteiger partial charge in [0, 0.05) is 5.41 Å². The van der Waals surface area contributed by atoms with Crippen molar-refractivity contribution in [3.63, 3.8) is 0 Å². The van der Waals surface area contributed by atoms with Crippen molar-refractivity contribution in [3.05, 3.63) is 11.0 Å². The minimum absolute atomic E-state index is 0. The first-order chi connectivity index (χ1) is 4.87. The fourth-order valence-electron chi connectivity index (χ4n) is 0.666. The van der Waals surface area contributed by atoms with Gasteiger partial charge in [0.1, 0.15) is 10.1 Å². The third-order valence-electron chi connectivity index (χ3n) is 1.72. The summed E-state index contributed by atoms with van der Waals surface area (Å²) in [4.78, 5) is 0. The Kier molecular flexibility index (Phi) is 7.77. The van der Waals surface area contributed by atoms with Gasteiger partial charge in [0.25, 0.3) is 0 Å². The summed E-state index contributed by atoms with van der Waals surface area (Å²) in [6.45, 7) is 5.49. The van der Waals surface area contributed by atoms with E-state index in [0.29, 0.717) is 5.57 Å². The van der Waals surface area contributed by atoms with Gasteiger partial charge in [-0.05, 0) is 19.3 Å². The molecule has 1 unspecified atom stereocenters. The Morgan fingerprint density at radius 3 is 2.25 bits per heavy atom. The summed E-state index contributed by atoms with van der Waals surface area (Å²) in [7, 11) is -4.19. The van der Waals surface area contributed by atoms with Crippen LogP contribution in [-0.2, 0) is 10.1 Å². The van der Waals surface area contributed by atoms with Crippen molar-refractivity contribution in [1.82, 2.24) is 0 Å². The average Bonchev–Trinajstić information content (AvgIpc) is 1.82. The molecule has 0 N–H and O–H groups in total. The van der Waals surface area contributed by atoms with Gasteiger partial charge < -0.3 is 4.55 Å². The molecule has 0 heterocycles. The summed E-state index contributed by atoms with van der Waals surface area (Å²) < 4.78 is 30.7. The summed E-state index contributed by atoms with van der Waals surface area (Å²) in [6.07, 6.45) is 0.845. The molecule has 0 aliphatic carbocycles. The molecule has 0 saturated carbocycles. The van der Waals surface area contributed by atoms with Crippen LogP contribution in [0.25, 0.3) is 0 Å². The largest absolute Gasteiger partial charge is 1.00 e. The van der Waals surface area contributed by atoms with E-state index in [4.69, 9.17) is 0 Å². The van der Waals surface area contributed by atoms with E-state index in [1.54, 1.807) is 6.92 Å². The quantitative estimate of drug-likeness (QED) is 0.411. The molecule has 0 aromatic carbocycles. The molecule has 12 heavy (non-hydrogen) atoms. The van der Waals surface area contributed by atoms with Crippen molar-refractivity contribution >= 4 is 10.1 Å². The zero-order chi connectivity index (χ0) is 9.07. The van der Waals surface area contributed by atoms with Crippen LogP contribution >= 0.6 is 0 Å². The molecule has 66 valence electrons. The summed E-state index contributed by atoms with van der Waals surface area (Å²) in [5, 5.41) is 0.793. The third kappa shape index (κ3) is 7.31. The maximum atomic E-state index is 10.2. The zero-order valence-electron chi connectivity index (χ0n) is 7.99. The first-order valence-electron chi connectivity index (χ1n) is 3.51. The van der Waals surface area contributed by atoms with E-state index in [1.807, 2.05) is 13.8 Å². The van der Waals surface area contributed by atoms with Crippen molar-refractivity contribution in [2.45, 2.75) is 27.2 Å². The summed E-state index contributed by atoms with van der Waals surface area (Å²) in [5.41, 5.74) is 0.627. The van der Waals surface area contributed by atoms with E-state index in [2.05, 4.69) is 0 Å². The Bertz CT molecular complexity index is 243. The fraction of sp³-hybridized carbons (Fsp3) is 0.714. The number of rotatable bonds is 3. The van der Waals surface area contributed by atoms with Crippen LogP contribution in [0.5, 0.6) is 0 Å². The minimum Gasteiger partial charge on any atom is -0.744 e. The fourth-order valence-corrected chi connectivity index (χ4v) is 1.35. The Labute approximate surface area is 96.3 Å². The van der Waals surface area contributed by atoms with Crippen LogP contribution in [0.3, 0.4) is 0 Å². The molecule has 0 aliphatic heterocycles. The summed E-state index contributed by atoms with van der Waals surface area (Å²) in [6, 6.07) is 0. The zero-order valence-corrected chi connectivity index (χ0v) is 10.8. The molecule has 0 aromatic rings. The van der Waals surface area contributed by atoms with Crippen molar-refractivity contribution in [1.29, 1.82) is 0 Å². The second-order valence-electron chi connectivity index (χ2n) is 2.66. The summed E-state index contributed by atoms with van der Waals surface area (Å²) >= 11 is 0. The molecular formula is C7H13NaO3S. The molecule has 0 aliphatic rings. The molecule has 0 amide bonds. The Balaban J connectivity index is 0. The smallest absolute Gasteiger partial charge is 0.744 e. The van der Waals surface area contributed by atoms with Gasteiger partial charge in [0.15, 0.2) is 0 Å². The normalized spacial score (nSPS) is 15.2. The van der Waals surface area contributed by atoms with E-state index >= 15 is 0 Å². The van der Waals surface area contributed by atoms with Gasteiger partial charge in [-0.2, -0.15) is 0 Å². The van der Waals surface area contributed by atoms with Gasteiger partial charge in [0.2, 0.25) is 0 Å². The molecule has 3 nitrogen and oxygen atoms in total. The monoisotopic (exact) mass is 200 g/mol. The standard InChI is InChI=1S/C7H14O3S.Na/c1-4-6(2)7(3)5-11(8,9)10;/h5-6H,4H2,1-3H3,(H,8,9,10);/q;+1/p-1/b7-5+;. The van der Waals surface area contributed by atoms with E-state index in [1.165, 1.54) is 0 Å². The second kappa shape index (κ2) is 6.16. The van der Waals surface area contributed by atoms with Gasteiger partial charge in [0.05, 0.1) is 0 Å². The Morgan fingerprint density at radius 1 is 1.58 bits per heavy atom. The van der Waals surface area contributed by atoms with E-state index < -0.39 is 10.1 Å². The van der Waals surface area contributed by atoms with Crippen LogP contribution in [0.2, 0.25) is 0 Å². The van der Waals surface area contributed by atoms with Crippen molar-refractivity contribution in [3.8, 4) is 0 Å². The molecule has 0 saturated heterocycles. The Morgan fingerprint density at radius 2 is 2.00 bits per heavy atom. The minimum atomic E-state index is -4.19. The molecule has 0 rings (SSSR count). The number of allylic oxidation sites excluding steroid dienone is 1. The number of hydrogen-bond donors (Lipinski definition) is 0. The van der Waals surface area contributed by atoms with Gasteiger partial charge >= 0.3 is 29.6 Å². The van der Waals surface area contributed by atoms with Crippen molar-refractivity contribution < 1.29 is 42.5 Å². The molecule has 1 atom stereocenters. The van der Waals surface area contributed by atoms with Gasteiger partial charge in [-0.3, -0.25) is 0 Å². The summed E-state index contributed by atoms with van der Waals surface area (Å²) in [5.74, 6) is 0.165. The first kappa shape index (κ1) is 15.1. The first-order valence-corrected chi connectivity index (χ1v) is 4.98. The third-order valence-corrected chi connectivity index (χ3v) is 2.38. The molecule has 0 radical (unpaired) electrons. The Hall–Kier alpha value is 0.650. The van der Waals surface area contributed by atoms with E-state index in [9.17, 15) is 13.0 Å². The molecule has 0 spiro atoms. The molecule has 5 heteroatoms. The van der Waals surface area contributed by atoms with Crippen LogP contribution in [0.15, 0.2) is 11.0 Å². The van der Waals surface area contributed by atoms with Crippen LogP contribution in [-0.4, -0.2) is 13.0 Å². The molecule has 0 bridgehead atoms. The van der Waals surface area contributed by atoms with Crippen molar-refractivity contribution in [2.75, 3.05) is 0 Å². The molecular weight excluding hydrogens is 187 g/mol. The van der Waals surface area contributed by atoms with Gasteiger partial charge in [-0.25, -0.2) is 8.42 Å². The predicted octanol–water partition coefficient (Wildman–Crippen LogP) is -1.51. The van der Waals surface area contributed by atoms with Crippen LogP contribution in [0.1, 0.15) is 27.2 Å². The average molecular weight is 200 g/mol. The van der Waals surface area contributed by atoms with Crippen LogP contribution in [0.4, 0.5) is 0 Å². The van der Waals surface area contributed by atoms with Crippen LogP contribution < -0.4 is 29.6 Å². The second-order valence-corrected chi connectivity index (χ2v) is 3.89. The molecule has 0 fully saturated rings. The maximum Gasteiger partial charge on any atom is 1.00 e. The topological polar surface area (TPSA) is 57.2 Å². The maximum absolute atomic E-state index is 10.2. The van der Waals surface area contributed by atoms with Gasteiger partial charge in [-0.1, -0.05) is 19.4 Å². The van der Waals surface area contributed by atoms with Gasteiger partial charge in [-0.15, -0.1) is 0 Å².